The second-order valence-electron chi connectivity index (χ2n) is 6.07. The van der Waals surface area contributed by atoms with E-state index in [9.17, 15) is 0 Å². The van der Waals surface area contributed by atoms with Crippen molar-refractivity contribution in [1.82, 2.24) is 5.32 Å². The monoisotopic (exact) mass is 297 g/mol. The Morgan fingerprint density at radius 3 is 2.48 bits per heavy atom. The Morgan fingerprint density at radius 1 is 1.00 bits per heavy atom. The lowest BCUT2D eigenvalue weighted by Gasteiger charge is -2.32. The minimum atomic E-state index is 0.406. The molecule has 0 saturated carbocycles. The van der Waals surface area contributed by atoms with Gasteiger partial charge in [-0.1, -0.05) is 68.4 Å². The highest BCUT2D eigenvalue weighted by Crippen LogP contribution is 2.34. The van der Waals surface area contributed by atoms with Crippen LogP contribution in [0.4, 0.5) is 0 Å². The molecule has 2 aromatic rings. The average Bonchev–Trinajstić information content (AvgIpc) is 2.53. The maximum absolute atomic E-state index is 3.91. The number of benzene rings is 2. The fraction of sp³-hybridized carbons (Fsp3) is 0.368. The quantitative estimate of drug-likeness (QED) is 0.856. The van der Waals surface area contributed by atoms with Crippen molar-refractivity contribution in [3.63, 3.8) is 0 Å². The zero-order chi connectivity index (χ0) is 14.7. The molecule has 2 unspecified atom stereocenters. The first kappa shape index (κ1) is 14.7. The third-order valence-electron chi connectivity index (χ3n) is 4.18. The minimum absolute atomic E-state index is 0.406. The van der Waals surface area contributed by atoms with Gasteiger partial charge < -0.3 is 5.32 Å². The Labute approximate surface area is 132 Å². The van der Waals surface area contributed by atoms with Crippen molar-refractivity contribution in [1.29, 1.82) is 0 Å². The summed E-state index contributed by atoms with van der Waals surface area (Å²) in [6, 6.07) is 20.6. The van der Waals surface area contributed by atoms with Crippen molar-refractivity contribution in [3.05, 3.63) is 71.3 Å². The second-order valence-corrected chi connectivity index (χ2v) is 7.10. The van der Waals surface area contributed by atoms with Crippen LogP contribution >= 0.6 is 11.8 Å². The van der Waals surface area contributed by atoms with Gasteiger partial charge in [-0.2, -0.15) is 11.8 Å². The number of thioether (sulfide) groups is 1. The Bertz CT molecular complexity index is 579. The van der Waals surface area contributed by atoms with E-state index in [1.165, 1.54) is 16.7 Å². The van der Waals surface area contributed by atoms with Gasteiger partial charge >= 0.3 is 0 Å². The summed E-state index contributed by atoms with van der Waals surface area (Å²) in [5.74, 6) is 2.88. The van der Waals surface area contributed by atoms with Gasteiger partial charge in [0.15, 0.2) is 0 Å². The van der Waals surface area contributed by atoms with Gasteiger partial charge in [0.05, 0.1) is 0 Å². The van der Waals surface area contributed by atoms with E-state index in [0.717, 1.165) is 11.5 Å². The molecule has 2 atom stereocenters. The normalized spacial score (nSPS) is 19.3. The zero-order valence-corrected chi connectivity index (χ0v) is 13.6. The van der Waals surface area contributed by atoms with Crippen LogP contribution in [0.15, 0.2) is 54.6 Å². The van der Waals surface area contributed by atoms with Crippen molar-refractivity contribution in [2.75, 3.05) is 5.75 Å². The smallest absolute Gasteiger partial charge is 0.0419 e. The molecule has 1 heterocycles. The molecule has 0 bridgehead atoms. The predicted molar refractivity (Wildman–Crippen MR) is 92.5 cm³/mol. The molecule has 0 radical (unpaired) electrons. The topological polar surface area (TPSA) is 12.0 Å². The van der Waals surface area contributed by atoms with Crippen molar-refractivity contribution in [3.8, 4) is 0 Å². The molecule has 0 fully saturated rings. The van der Waals surface area contributed by atoms with E-state index in [4.69, 9.17) is 0 Å². The molecule has 0 amide bonds. The molecule has 3 rings (SSSR count). The summed E-state index contributed by atoms with van der Waals surface area (Å²) < 4.78 is 0. The summed E-state index contributed by atoms with van der Waals surface area (Å²) in [5, 5.41) is 3.91. The Kier molecular flexibility index (Phi) is 4.67. The maximum atomic E-state index is 3.91. The lowest BCUT2D eigenvalue weighted by Crippen LogP contribution is -2.33. The molecular weight excluding hydrogens is 274 g/mol. The molecule has 2 aromatic carbocycles. The molecule has 1 aliphatic heterocycles. The van der Waals surface area contributed by atoms with E-state index in [1.54, 1.807) is 0 Å². The largest absolute Gasteiger partial charge is 0.302 e. The van der Waals surface area contributed by atoms with E-state index < -0.39 is 0 Å². The molecule has 0 spiro atoms. The molecule has 1 N–H and O–H groups in total. The number of hydrogen-bond acceptors (Lipinski definition) is 2. The highest BCUT2D eigenvalue weighted by molar-refractivity contribution is 7.98. The van der Waals surface area contributed by atoms with Gasteiger partial charge in [0.1, 0.15) is 0 Å². The van der Waals surface area contributed by atoms with Gasteiger partial charge in [-0.05, 0) is 22.6 Å². The van der Waals surface area contributed by atoms with Crippen molar-refractivity contribution in [2.24, 2.45) is 5.92 Å². The number of rotatable bonds is 4. The van der Waals surface area contributed by atoms with Crippen LogP contribution in [0.1, 0.15) is 42.6 Å². The van der Waals surface area contributed by atoms with Crippen LogP contribution in [0, 0.1) is 5.92 Å². The fourth-order valence-corrected chi connectivity index (χ4v) is 4.18. The molecule has 0 saturated heterocycles. The lowest BCUT2D eigenvalue weighted by atomic mass is 9.93. The van der Waals surface area contributed by atoms with Crippen LogP contribution in [0.3, 0.4) is 0 Å². The first-order chi connectivity index (χ1) is 10.3. The Hall–Kier alpha value is -1.25. The van der Waals surface area contributed by atoms with Gasteiger partial charge in [-0.15, -0.1) is 0 Å². The molecule has 110 valence electrons. The Morgan fingerprint density at radius 2 is 1.71 bits per heavy atom. The fourth-order valence-electron chi connectivity index (χ4n) is 3.07. The van der Waals surface area contributed by atoms with Crippen LogP contribution in [0.5, 0.6) is 0 Å². The number of hydrogen-bond donors (Lipinski definition) is 1. The van der Waals surface area contributed by atoms with Crippen LogP contribution in [0.2, 0.25) is 0 Å². The molecule has 1 aliphatic rings. The second kappa shape index (κ2) is 6.67. The highest BCUT2D eigenvalue weighted by atomic mass is 32.2. The number of fused-ring (bicyclic) bond motifs is 1. The molecule has 0 aliphatic carbocycles. The first-order valence-corrected chi connectivity index (χ1v) is 8.87. The molecule has 21 heavy (non-hydrogen) atoms. The van der Waals surface area contributed by atoms with Gasteiger partial charge in [-0.25, -0.2) is 0 Å². The zero-order valence-electron chi connectivity index (χ0n) is 12.8. The maximum Gasteiger partial charge on any atom is 0.0419 e. The minimum Gasteiger partial charge on any atom is -0.302 e. The van der Waals surface area contributed by atoms with Crippen molar-refractivity contribution in [2.45, 2.75) is 31.7 Å². The number of nitrogens with one attached hydrogen (secondary N) is 1. The van der Waals surface area contributed by atoms with E-state index in [0.29, 0.717) is 18.0 Å². The SMILES string of the molecule is CC(C)C(NC1CSCc2ccccc21)c1ccccc1. The summed E-state index contributed by atoms with van der Waals surface area (Å²) in [6.07, 6.45) is 0. The summed E-state index contributed by atoms with van der Waals surface area (Å²) in [6.45, 7) is 4.60. The Balaban J connectivity index is 1.85. The van der Waals surface area contributed by atoms with Crippen molar-refractivity contribution < 1.29 is 0 Å². The molecular formula is C19H23NS. The van der Waals surface area contributed by atoms with Gasteiger partial charge in [0.2, 0.25) is 0 Å². The predicted octanol–water partition coefficient (Wildman–Crippen LogP) is 4.96. The van der Waals surface area contributed by atoms with Gasteiger partial charge in [0, 0.05) is 23.6 Å². The highest BCUT2D eigenvalue weighted by Gasteiger charge is 2.25. The summed E-state index contributed by atoms with van der Waals surface area (Å²) in [4.78, 5) is 0. The average molecular weight is 297 g/mol. The summed E-state index contributed by atoms with van der Waals surface area (Å²) >= 11 is 2.03. The van der Waals surface area contributed by atoms with Crippen LogP contribution in [0.25, 0.3) is 0 Å². The van der Waals surface area contributed by atoms with E-state index >= 15 is 0 Å². The first-order valence-electron chi connectivity index (χ1n) is 7.72. The van der Waals surface area contributed by atoms with Gasteiger partial charge in [-0.3, -0.25) is 0 Å². The van der Waals surface area contributed by atoms with Crippen LogP contribution in [-0.2, 0) is 5.75 Å². The molecule has 1 nitrogen and oxygen atoms in total. The standard InChI is InChI=1S/C19H23NS/c1-14(2)19(15-8-4-3-5-9-15)20-18-13-21-12-16-10-6-7-11-17(16)18/h3-11,14,18-20H,12-13H2,1-2H3. The van der Waals surface area contributed by atoms with E-state index in [1.807, 2.05) is 11.8 Å². The van der Waals surface area contributed by atoms with Crippen LogP contribution in [-0.4, -0.2) is 5.75 Å². The third-order valence-corrected chi connectivity index (χ3v) is 5.26. The van der Waals surface area contributed by atoms with E-state index in [-0.39, 0.29) is 0 Å². The van der Waals surface area contributed by atoms with Crippen LogP contribution < -0.4 is 5.32 Å². The third kappa shape index (κ3) is 3.33. The van der Waals surface area contributed by atoms with Crippen molar-refractivity contribution >= 4 is 11.8 Å². The van der Waals surface area contributed by atoms with E-state index in [2.05, 4.69) is 73.8 Å². The van der Waals surface area contributed by atoms with Gasteiger partial charge in [0.25, 0.3) is 0 Å². The lowest BCUT2D eigenvalue weighted by molar-refractivity contribution is 0.375. The summed E-state index contributed by atoms with van der Waals surface area (Å²) in [5.41, 5.74) is 4.36. The summed E-state index contributed by atoms with van der Waals surface area (Å²) in [7, 11) is 0. The molecule has 0 aromatic heterocycles. The molecule has 2 heteroatoms.